The van der Waals surface area contributed by atoms with Crippen LogP contribution in [0, 0.1) is 0 Å². The number of Topliss-reactive ketones (excluding diaryl/α,β-unsaturated/α-hetero) is 1. The van der Waals surface area contributed by atoms with Gasteiger partial charge < -0.3 is 5.73 Å². The van der Waals surface area contributed by atoms with E-state index in [0.29, 0.717) is 12.8 Å². The first-order valence-electron chi connectivity index (χ1n) is 7.15. The van der Waals surface area contributed by atoms with Gasteiger partial charge in [-0.05, 0) is 24.1 Å². The lowest BCUT2D eigenvalue weighted by Crippen LogP contribution is -2.12. The van der Waals surface area contributed by atoms with E-state index < -0.39 is 0 Å². The second-order valence-electron chi connectivity index (χ2n) is 6.33. The lowest BCUT2D eigenvalue weighted by Gasteiger charge is -2.14. The van der Waals surface area contributed by atoms with Crippen LogP contribution in [0.2, 0.25) is 0 Å². The molecule has 21 heavy (non-hydrogen) atoms. The van der Waals surface area contributed by atoms with Crippen molar-refractivity contribution in [1.29, 1.82) is 0 Å². The standard InChI is InChI=1S/C17H22N2OS/c1-17(2,3)15-11-21-16(19-15)10-14(20)9-6-12-4-7-13(18)8-5-12/h4-5,7-8,11H,6,9-10,18H2,1-3H3. The first-order chi connectivity index (χ1) is 9.84. The molecule has 2 N–H and O–H groups in total. The van der Waals surface area contributed by atoms with E-state index >= 15 is 0 Å². The Balaban J connectivity index is 1.87. The summed E-state index contributed by atoms with van der Waals surface area (Å²) in [6.45, 7) is 6.40. The highest BCUT2D eigenvalue weighted by Gasteiger charge is 2.18. The van der Waals surface area contributed by atoms with Gasteiger partial charge in [0.1, 0.15) is 10.8 Å². The summed E-state index contributed by atoms with van der Waals surface area (Å²) in [6.07, 6.45) is 1.75. The molecule has 4 heteroatoms. The van der Waals surface area contributed by atoms with Gasteiger partial charge in [-0.15, -0.1) is 11.3 Å². The molecule has 0 bridgehead atoms. The number of hydrogen-bond donors (Lipinski definition) is 1. The number of nitrogens with zero attached hydrogens (tertiary/aromatic N) is 1. The van der Waals surface area contributed by atoms with Gasteiger partial charge in [0.15, 0.2) is 0 Å². The Labute approximate surface area is 130 Å². The second-order valence-corrected chi connectivity index (χ2v) is 7.28. The number of carbonyl (C=O) groups is 1. The monoisotopic (exact) mass is 302 g/mol. The van der Waals surface area contributed by atoms with Crippen molar-refractivity contribution in [3.05, 3.63) is 45.9 Å². The van der Waals surface area contributed by atoms with E-state index in [2.05, 4.69) is 31.1 Å². The molecule has 112 valence electrons. The van der Waals surface area contributed by atoms with Crippen molar-refractivity contribution in [2.24, 2.45) is 0 Å². The molecule has 0 amide bonds. The van der Waals surface area contributed by atoms with Crippen LogP contribution in [0.3, 0.4) is 0 Å². The van der Waals surface area contributed by atoms with Gasteiger partial charge in [0.25, 0.3) is 0 Å². The Morgan fingerprint density at radius 1 is 1.24 bits per heavy atom. The molecule has 3 nitrogen and oxygen atoms in total. The van der Waals surface area contributed by atoms with E-state index in [1.165, 1.54) is 0 Å². The molecule has 0 atom stereocenters. The third kappa shape index (κ3) is 4.67. The fourth-order valence-electron chi connectivity index (χ4n) is 1.96. The number of aryl methyl sites for hydroxylation is 1. The maximum Gasteiger partial charge on any atom is 0.140 e. The number of nitrogen functional groups attached to an aromatic ring is 1. The van der Waals surface area contributed by atoms with Crippen molar-refractivity contribution in [1.82, 2.24) is 4.98 Å². The molecule has 1 heterocycles. The first-order valence-corrected chi connectivity index (χ1v) is 8.03. The van der Waals surface area contributed by atoms with E-state index in [0.717, 1.165) is 28.4 Å². The zero-order valence-electron chi connectivity index (χ0n) is 12.8. The van der Waals surface area contributed by atoms with Crippen LogP contribution in [0.5, 0.6) is 0 Å². The van der Waals surface area contributed by atoms with Crippen molar-refractivity contribution in [3.8, 4) is 0 Å². The smallest absolute Gasteiger partial charge is 0.140 e. The number of thiazole rings is 1. The molecule has 0 aliphatic rings. The molecule has 0 fully saturated rings. The fraction of sp³-hybridized carbons (Fsp3) is 0.412. The summed E-state index contributed by atoms with van der Waals surface area (Å²) in [5.41, 5.74) is 8.65. The predicted molar refractivity (Wildman–Crippen MR) is 88.7 cm³/mol. The molecule has 0 aliphatic heterocycles. The van der Waals surface area contributed by atoms with Crippen molar-refractivity contribution in [2.45, 2.75) is 45.4 Å². The molecule has 0 saturated heterocycles. The Morgan fingerprint density at radius 3 is 2.48 bits per heavy atom. The second kappa shape index (κ2) is 6.39. The van der Waals surface area contributed by atoms with E-state index in [-0.39, 0.29) is 11.2 Å². The average Bonchev–Trinajstić information content (AvgIpc) is 2.86. The number of benzene rings is 1. The average molecular weight is 302 g/mol. The zero-order valence-corrected chi connectivity index (χ0v) is 13.7. The summed E-state index contributed by atoms with van der Waals surface area (Å²) in [6, 6.07) is 7.69. The highest BCUT2D eigenvalue weighted by molar-refractivity contribution is 7.09. The Morgan fingerprint density at radius 2 is 1.90 bits per heavy atom. The van der Waals surface area contributed by atoms with E-state index in [1.807, 2.05) is 24.3 Å². The van der Waals surface area contributed by atoms with Gasteiger partial charge in [0.05, 0.1) is 12.1 Å². The topological polar surface area (TPSA) is 56.0 Å². The Hall–Kier alpha value is -1.68. The number of rotatable bonds is 5. The minimum atomic E-state index is 0.0434. The van der Waals surface area contributed by atoms with Crippen LogP contribution in [0.15, 0.2) is 29.6 Å². The highest BCUT2D eigenvalue weighted by Crippen LogP contribution is 2.24. The minimum Gasteiger partial charge on any atom is -0.399 e. The zero-order chi connectivity index (χ0) is 15.5. The SMILES string of the molecule is CC(C)(C)c1csc(CC(=O)CCc2ccc(N)cc2)n1. The number of aromatic nitrogens is 1. The normalized spacial score (nSPS) is 11.6. The number of nitrogens with two attached hydrogens (primary N) is 1. The number of carbonyl (C=O) groups excluding carboxylic acids is 1. The summed E-state index contributed by atoms with van der Waals surface area (Å²) in [4.78, 5) is 16.6. The first kappa shape index (κ1) is 15.7. The molecule has 2 rings (SSSR count). The Bertz CT molecular complexity index is 608. The van der Waals surface area contributed by atoms with Crippen LogP contribution in [-0.2, 0) is 23.1 Å². The predicted octanol–water partition coefficient (Wildman–Crippen LogP) is 3.77. The van der Waals surface area contributed by atoms with Crippen LogP contribution < -0.4 is 5.73 Å². The summed E-state index contributed by atoms with van der Waals surface area (Å²) >= 11 is 1.58. The third-order valence-electron chi connectivity index (χ3n) is 3.34. The third-order valence-corrected chi connectivity index (χ3v) is 4.19. The fourth-order valence-corrected chi connectivity index (χ4v) is 3.01. The van der Waals surface area contributed by atoms with Gasteiger partial charge in [-0.1, -0.05) is 32.9 Å². The van der Waals surface area contributed by atoms with Crippen LogP contribution >= 0.6 is 11.3 Å². The van der Waals surface area contributed by atoms with Crippen LogP contribution in [0.25, 0.3) is 0 Å². The highest BCUT2D eigenvalue weighted by atomic mass is 32.1. The summed E-state index contributed by atoms with van der Waals surface area (Å²) in [5, 5.41) is 2.98. The number of anilines is 1. The molecule has 0 unspecified atom stereocenters. The maximum atomic E-state index is 12.1. The van der Waals surface area contributed by atoms with Crippen molar-refractivity contribution < 1.29 is 4.79 Å². The number of ketones is 1. The van der Waals surface area contributed by atoms with E-state index in [1.54, 1.807) is 11.3 Å². The van der Waals surface area contributed by atoms with E-state index in [9.17, 15) is 4.79 Å². The lowest BCUT2D eigenvalue weighted by atomic mass is 9.93. The molecular formula is C17H22N2OS. The molecule has 1 aromatic heterocycles. The number of hydrogen-bond acceptors (Lipinski definition) is 4. The van der Waals surface area contributed by atoms with Crippen LogP contribution in [0.4, 0.5) is 5.69 Å². The van der Waals surface area contributed by atoms with Gasteiger partial charge in [0, 0.05) is 22.9 Å². The molecule has 1 aromatic carbocycles. The van der Waals surface area contributed by atoms with Crippen molar-refractivity contribution in [3.63, 3.8) is 0 Å². The largest absolute Gasteiger partial charge is 0.399 e. The quantitative estimate of drug-likeness (QED) is 0.855. The molecule has 0 aliphatic carbocycles. The molecule has 2 aromatic rings. The van der Waals surface area contributed by atoms with Gasteiger partial charge in [0.2, 0.25) is 0 Å². The van der Waals surface area contributed by atoms with E-state index in [4.69, 9.17) is 5.73 Å². The van der Waals surface area contributed by atoms with Crippen LogP contribution in [0.1, 0.15) is 43.5 Å². The Kier molecular flexibility index (Phi) is 4.78. The van der Waals surface area contributed by atoms with Gasteiger partial charge >= 0.3 is 0 Å². The summed E-state index contributed by atoms with van der Waals surface area (Å²) in [5.74, 6) is 0.238. The van der Waals surface area contributed by atoms with Crippen LogP contribution in [-0.4, -0.2) is 10.8 Å². The van der Waals surface area contributed by atoms with Gasteiger partial charge in [-0.3, -0.25) is 4.79 Å². The van der Waals surface area contributed by atoms with Gasteiger partial charge in [-0.25, -0.2) is 4.98 Å². The molecule has 0 saturated carbocycles. The summed E-state index contributed by atoms with van der Waals surface area (Å²) < 4.78 is 0. The minimum absolute atomic E-state index is 0.0434. The molecule has 0 radical (unpaired) electrons. The van der Waals surface area contributed by atoms with Crippen molar-refractivity contribution in [2.75, 3.05) is 5.73 Å². The maximum absolute atomic E-state index is 12.1. The molecular weight excluding hydrogens is 280 g/mol. The lowest BCUT2D eigenvalue weighted by molar-refractivity contribution is -0.118. The molecule has 0 spiro atoms. The van der Waals surface area contributed by atoms with Crippen molar-refractivity contribution >= 4 is 22.8 Å². The van der Waals surface area contributed by atoms with Gasteiger partial charge in [-0.2, -0.15) is 0 Å². The summed E-state index contributed by atoms with van der Waals surface area (Å²) in [7, 11) is 0.